The largest absolute Gasteiger partial charge is 0.507 e. The SMILES string of the molecule is CC(C)c1c(CO)c(-c2ccc(F)cc2)nn2c(S(=O)(=O)Oc3cc(C(C)(C)C)c(O)c(C(C)(C)C)c3)ccc12. The average Bonchev–Trinajstić information content (AvgIpc) is 3.27. The highest BCUT2D eigenvalue weighted by atomic mass is 32.2. The van der Waals surface area contributed by atoms with E-state index in [9.17, 15) is 23.0 Å². The first-order chi connectivity index (χ1) is 18.5. The van der Waals surface area contributed by atoms with Crippen LogP contribution in [0.1, 0.15) is 83.6 Å². The molecule has 0 radical (unpaired) electrons. The van der Waals surface area contributed by atoms with Crippen LogP contribution in [0, 0.1) is 5.82 Å². The number of phenols is 1. The van der Waals surface area contributed by atoms with Crippen LogP contribution in [-0.4, -0.2) is 28.2 Å². The molecule has 0 amide bonds. The van der Waals surface area contributed by atoms with Gasteiger partial charge in [-0.05, 0) is 70.8 Å². The lowest BCUT2D eigenvalue weighted by Crippen LogP contribution is -2.19. The van der Waals surface area contributed by atoms with Gasteiger partial charge in [-0.15, -0.1) is 0 Å². The number of aliphatic hydroxyl groups excluding tert-OH is 1. The lowest BCUT2D eigenvalue weighted by Gasteiger charge is -2.28. The molecule has 0 fully saturated rings. The van der Waals surface area contributed by atoms with Gasteiger partial charge in [0.2, 0.25) is 0 Å². The third-order valence-electron chi connectivity index (χ3n) is 6.92. The van der Waals surface area contributed by atoms with Crippen molar-refractivity contribution in [1.29, 1.82) is 0 Å². The molecule has 0 saturated heterocycles. The van der Waals surface area contributed by atoms with Crippen LogP contribution in [0.5, 0.6) is 11.5 Å². The molecule has 0 aliphatic rings. The average molecular weight is 569 g/mol. The maximum absolute atomic E-state index is 13.8. The smallest absolute Gasteiger partial charge is 0.356 e. The molecule has 0 spiro atoms. The third kappa shape index (κ3) is 5.45. The molecule has 2 heterocycles. The number of aliphatic hydroxyl groups is 1. The zero-order chi connectivity index (χ0) is 29.8. The van der Waals surface area contributed by atoms with Crippen molar-refractivity contribution in [2.24, 2.45) is 0 Å². The predicted octanol–water partition coefficient (Wildman–Crippen LogP) is 6.82. The van der Waals surface area contributed by atoms with E-state index in [1.807, 2.05) is 55.4 Å². The lowest BCUT2D eigenvalue weighted by atomic mass is 9.79. The summed E-state index contributed by atoms with van der Waals surface area (Å²) in [7, 11) is -4.41. The minimum atomic E-state index is -4.41. The molecule has 0 aliphatic heterocycles. The van der Waals surface area contributed by atoms with E-state index in [4.69, 9.17) is 4.18 Å². The predicted molar refractivity (Wildman–Crippen MR) is 154 cm³/mol. The summed E-state index contributed by atoms with van der Waals surface area (Å²) in [5.41, 5.74) is 2.85. The second kappa shape index (κ2) is 10.2. The van der Waals surface area contributed by atoms with E-state index in [1.54, 1.807) is 30.3 Å². The standard InChI is InChI=1S/C31H37FN2O5S/c1-18(2)27-22(17-35)28(19-9-11-20(32)12-10-19)33-34-25(27)13-14-26(34)40(37,38)39-21-15-23(30(3,4)5)29(36)24(16-21)31(6,7)8/h9-16,18,35-36H,17H2,1-8H3. The maximum Gasteiger partial charge on any atom is 0.356 e. The molecule has 4 aromatic rings. The molecule has 9 heteroatoms. The maximum atomic E-state index is 13.8. The van der Waals surface area contributed by atoms with Crippen LogP contribution < -0.4 is 4.18 Å². The van der Waals surface area contributed by atoms with Gasteiger partial charge in [0.05, 0.1) is 17.8 Å². The Kier molecular flexibility index (Phi) is 7.53. The third-order valence-corrected chi connectivity index (χ3v) is 8.16. The fraction of sp³-hybridized carbons (Fsp3) is 0.387. The van der Waals surface area contributed by atoms with Crippen molar-refractivity contribution in [2.45, 2.75) is 83.8 Å². The molecule has 2 aromatic carbocycles. The van der Waals surface area contributed by atoms with E-state index in [1.165, 1.54) is 22.7 Å². The molecule has 7 nitrogen and oxygen atoms in total. The first kappa shape index (κ1) is 29.6. The van der Waals surface area contributed by atoms with Crippen molar-refractivity contribution < 1.29 is 27.2 Å². The number of benzene rings is 2. The summed E-state index contributed by atoms with van der Waals surface area (Å²) in [6, 6.07) is 11.8. The normalized spacial score (nSPS) is 12.9. The van der Waals surface area contributed by atoms with Crippen LogP contribution in [0.25, 0.3) is 16.8 Å². The van der Waals surface area contributed by atoms with E-state index in [0.717, 1.165) is 5.56 Å². The van der Waals surface area contributed by atoms with Crippen molar-refractivity contribution in [1.82, 2.24) is 9.61 Å². The highest BCUT2D eigenvalue weighted by Gasteiger charge is 2.30. The molecule has 0 unspecified atom stereocenters. The van der Waals surface area contributed by atoms with Crippen LogP contribution in [-0.2, 0) is 27.6 Å². The summed E-state index contributed by atoms with van der Waals surface area (Å²) in [5.74, 6) is -0.312. The molecule has 4 rings (SSSR count). The van der Waals surface area contributed by atoms with E-state index in [2.05, 4.69) is 5.10 Å². The number of phenolic OH excluding ortho intramolecular Hbond substituents is 1. The minimum absolute atomic E-state index is 0.0809. The molecule has 2 aromatic heterocycles. The first-order valence-corrected chi connectivity index (χ1v) is 14.6. The van der Waals surface area contributed by atoms with Gasteiger partial charge in [-0.2, -0.15) is 13.5 Å². The monoisotopic (exact) mass is 568 g/mol. The zero-order valence-electron chi connectivity index (χ0n) is 24.2. The number of nitrogens with zero attached hydrogens (tertiary/aromatic N) is 2. The Morgan fingerprint density at radius 1 is 0.950 bits per heavy atom. The van der Waals surface area contributed by atoms with Crippen LogP contribution in [0.2, 0.25) is 0 Å². The molecular weight excluding hydrogens is 531 g/mol. The van der Waals surface area contributed by atoms with E-state index >= 15 is 0 Å². The van der Waals surface area contributed by atoms with E-state index < -0.39 is 26.8 Å². The summed E-state index contributed by atoms with van der Waals surface area (Å²) >= 11 is 0. The molecular formula is C31H37FN2O5S. The van der Waals surface area contributed by atoms with Gasteiger partial charge in [0.15, 0.2) is 5.03 Å². The Hall–Kier alpha value is -3.43. The van der Waals surface area contributed by atoms with Crippen molar-refractivity contribution in [3.05, 3.63) is 76.6 Å². The molecule has 40 heavy (non-hydrogen) atoms. The van der Waals surface area contributed by atoms with Gasteiger partial charge in [-0.25, -0.2) is 8.91 Å². The summed E-state index contributed by atoms with van der Waals surface area (Å²) in [6.07, 6.45) is 0. The number of fused-ring (bicyclic) bond motifs is 1. The summed E-state index contributed by atoms with van der Waals surface area (Å²) in [4.78, 5) is 0. The van der Waals surface area contributed by atoms with Gasteiger partial charge in [0, 0.05) is 22.3 Å². The first-order valence-electron chi connectivity index (χ1n) is 13.2. The van der Waals surface area contributed by atoms with Gasteiger partial charge >= 0.3 is 10.1 Å². The molecule has 0 saturated carbocycles. The summed E-state index contributed by atoms with van der Waals surface area (Å²) in [5, 5.41) is 25.8. The number of aromatic nitrogens is 2. The molecule has 0 atom stereocenters. The Bertz CT molecular complexity index is 1640. The van der Waals surface area contributed by atoms with Gasteiger partial charge in [-0.1, -0.05) is 55.4 Å². The van der Waals surface area contributed by atoms with E-state index in [-0.39, 0.29) is 29.0 Å². The van der Waals surface area contributed by atoms with Crippen molar-refractivity contribution >= 4 is 15.6 Å². The summed E-state index contributed by atoms with van der Waals surface area (Å²) < 4.78 is 48.2. The molecule has 0 bridgehead atoms. The Labute approximate surface area is 235 Å². The Balaban J connectivity index is 1.94. The molecule has 2 N–H and O–H groups in total. The minimum Gasteiger partial charge on any atom is -0.507 e. The van der Waals surface area contributed by atoms with Crippen LogP contribution in [0.15, 0.2) is 53.6 Å². The second-order valence-electron chi connectivity index (χ2n) is 12.4. The van der Waals surface area contributed by atoms with Crippen LogP contribution in [0.3, 0.4) is 0 Å². The van der Waals surface area contributed by atoms with Gasteiger partial charge in [0.25, 0.3) is 0 Å². The fourth-order valence-corrected chi connectivity index (χ4v) is 5.98. The molecule has 214 valence electrons. The van der Waals surface area contributed by atoms with Crippen molar-refractivity contribution in [2.75, 3.05) is 0 Å². The van der Waals surface area contributed by atoms with Gasteiger partial charge in [0.1, 0.15) is 17.3 Å². The van der Waals surface area contributed by atoms with Crippen molar-refractivity contribution in [3.63, 3.8) is 0 Å². The Morgan fingerprint density at radius 3 is 1.98 bits per heavy atom. The number of aromatic hydroxyl groups is 1. The number of hydrogen-bond donors (Lipinski definition) is 2. The highest BCUT2D eigenvalue weighted by molar-refractivity contribution is 7.87. The van der Waals surface area contributed by atoms with Crippen LogP contribution in [0.4, 0.5) is 4.39 Å². The van der Waals surface area contributed by atoms with Crippen molar-refractivity contribution in [3.8, 4) is 22.8 Å². The lowest BCUT2D eigenvalue weighted by molar-refractivity contribution is 0.280. The summed E-state index contributed by atoms with van der Waals surface area (Å²) in [6.45, 7) is 15.1. The second-order valence-corrected chi connectivity index (χ2v) is 13.9. The quantitative estimate of drug-likeness (QED) is 0.248. The topological polar surface area (TPSA) is 101 Å². The fourth-order valence-electron chi connectivity index (χ4n) is 4.96. The number of hydrogen-bond acceptors (Lipinski definition) is 6. The van der Waals surface area contributed by atoms with E-state index in [0.29, 0.717) is 33.5 Å². The Morgan fingerprint density at radius 2 is 1.50 bits per heavy atom. The number of halogens is 1. The number of rotatable bonds is 6. The molecule has 0 aliphatic carbocycles. The van der Waals surface area contributed by atoms with Gasteiger partial charge < -0.3 is 14.4 Å². The zero-order valence-corrected chi connectivity index (χ0v) is 25.0. The highest BCUT2D eigenvalue weighted by Crippen LogP contribution is 2.42. The van der Waals surface area contributed by atoms with Gasteiger partial charge in [-0.3, -0.25) is 0 Å². The van der Waals surface area contributed by atoms with Crippen LogP contribution >= 0.6 is 0 Å².